The smallest absolute Gasteiger partial charge is 0.224 e. The highest BCUT2D eigenvalue weighted by molar-refractivity contribution is 6.42. The molecular weight excluding hydrogens is 307 g/mol. The van der Waals surface area contributed by atoms with E-state index >= 15 is 0 Å². The molecule has 1 aromatic carbocycles. The fourth-order valence-electron chi connectivity index (χ4n) is 2.04. The van der Waals surface area contributed by atoms with Crippen molar-refractivity contribution in [3.05, 3.63) is 33.8 Å². The van der Waals surface area contributed by atoms with Crippen molar-refractivity contribution < 1.29 is 4.79 Å². The minimum Gasteiger partial charge on any atom is -0.352 e. The third-order valence-electron chi connectivity index (χ3n) is 3.25. The molecule has 6 heteroatoms. The molecule has 3 nitrogen and oxygen atoms in total. The Labute approximate surface area is 129 Å². The summed E-state index contributed by atoms with van der Waals surface area (Å²) in [6, 6.07) is 5.55. The number of carbonyl (C=O) groups is 1. The Balaban J connectivity index is 0.00000180. The molecule has 0 aromatic heterocycles. The van der Waals surface area contributed by atoms with Gasteiger partial charge in [0.25, 0.3) is 0 Å². The first-order valence-electron chi connectivity index (χ1n) is 5.99. The van der Waals surface area contributed by atoms with Gasteiger partial charge >= 0.3 is 0 Å². The lowest BCUT2D eigenvalue weighted by Gasteiger charge is -2.11. The number of halogens is 3. The molecule has 1 saturated carbocycles. The fraction of sp³-hybridized carbons (Fsp3) is 0.462. The van der Waals surface area contributed by atoms with E-state index in [-0.39, 0.29) is 36.2 Å². The summed E-state index contributed by atoms with van der Waals surface area (Å²) in [6.45, 7) is 2.34. The third-order valence-corrected chi connectivity index (χ3v) is 4.08. The molecule has 0 aliphatic heterocycles. The van der Waals surface area contributed by atoms with E-state index < -0.39 is 0 Å². The summed E-state index contributed by atoms with van der Waals surface area (Å²) in [7, 11) is 0. The van der Waals surface area contributed by atoms with Crippen LogP contribution in [0.1, 0.15) is 24.8 Å². The lowest BCUT2D eigenvalue weighted by Crippen LogP contribution is -2.38. The second-order valence-corrected chi connectivity index (χ2v) is 5.52. The van der Waals surface area contributed by atoms with E-state index in [1.807, 2.05) is 19.1 Å². The van der Waals surface area contributed by atoms with Gasteiger partial charge in [-0.1, -0.05) is 35.3 Å². The van der Waals surface area contributed by atoms with E-state index in [9.17, 15) is 4.79 Å². The van der Waals surface area contributed by atoms with Gasteiger partial charge in [-0.05, 0) is 30.9 Å². The van der Waals surface area contributed by atoms with E-state index in [1.54, 1.807) is 6.07 Å². The van der Waals surface area contributed by atoms with Crippen molar-refractivity contribution in [2.24, 2.45) is 11.7 Å². The van der Waals surface area contributed by atoms with Crippen LogP contribution in [0.4, 0.5) is 0 Å². The molecule has 0 heterocycles. The number of hydrogen-bond donors (Lipinski definition) is 2. The van der Waals surface area contributed by atoms with Gasteiger partial charge in [-0.3, -0.25) is 4.79 Å². The highest BCUT2D eigenvalue weighted by Gasteiger charge is 2.45. The average Bonchev–Trinajstić information content (AvgIpc) is 3.12. The Hall–Kier alpha value is -0.480. The molecule has 1 aliphatic carbocycles. The molecule has 0 bridgehead atoms. The maximum atomic E-state index is 11.9. The van der Waals surface area contributed by atoms with E-state index in [0.717, 1.165) is 12.0 Å². The predicted molar refractivity (Wildman–Crippen MR) is 81.2 cm³/mol. The van der Waals surface area contributed by atoms with Gasteiger partial charge in [0, 0.05) is 18.5 Å². The SMILES string of the molecule is C[C@@H](CN)NC(=O)C1CC1c1cccc(Cl)c1Cl.Cl. The normalized spacial score (nSPS) is 22.3. The molecule has 1 aromatic rings. The van der Waals surface area contributed by atoms with Gasteiger partial charge in [0.1, 0.15) is 0 Å². The van der Waals surface area contributed by atoms with Gasteiger partial charge in [0.05, 0.1) is 10.0 Å². The molecule has 19 heavy (non-hydrogen) atoms. The molecule has 1 fully saturated rings. The highest BCUT2D eigenvalue weighted by atomic mass is 35.5. The number of hydrogen-bond acceptors (Lipinski definition) is 2. The van der Waals surface area contributed by atoms with Gasteiger partial charge in [-0.25, -0.2) is 0 Å². The van der Waals surface area contributed by atoms with Crippen LogP contribution in [0, 0.1) is 5.92 Å². The van der Waals surface area contributed by atoms with Crippen LogP contribution < -0.4 is 11.1 Å². The second-order valence-electron chi connectivity index (χ2n) is 4.74. The van der Waals surface area contributed by atoms with Crippen molar-refractivity contribution in [2.75, 3.05) is 6.54 Å². The van der Waals surface area contributed by atoms with Crippen LogP contribution >= 0.6 is 35.6 Å². The molecule has 0 radical (unpaired) electrons. The minimum atomic E-state index is -0.00466. The van der Waals surface area contributed by atoms with Gasteiger partial charge in [-0.15, -0.1) is 12.4 Å². The molecule has 1 aliphatic rings. The first-order chi connectivity index (χ1) is 8.54. The molecule has 2 rings (SSSR count). The van der Waals surface area contributed by atoms with Crippen LogP contribution in [0.3, 0.4) is 0 Å². The number of amides is 1. The van der Waals surface area contributed by atoms with Gasteiger partial charge < -0.3 is 11.1 Å². The maximum Gasteiger partial charge on any atom is 0.224 e. The zero-order valence-electron chi connectivity index (χ0n) is 10.5. The molecule has 2 unspecified atom stereocenters. The lowest BCUT2D eigenvalue weighted by atomic mass is 10.1. The van der Waals surface area contributed by atoms with E-state index in [4.69, 9.17) is 28.9 Å². The van der Waals surface area contributed by atoms with Crippen LogP contribution in [-0.4, -0.2) is 18.5 Å². The van der Waals surface area contributed by atoms with Gasteiger partial charge in [-0.2, -0.15) is 0 Å². The van der Waals surface area contributed by atoms with Crippen LogP contribution in [-0.2, 0) is 4.79 Å². The maximum absolute atomic E-state index is 11.9. The van der Waals surface area contributed by atoms with Crippen LogP contribution in [0.2, 0.25) is 10.0 Å². The van der Waals surface area contributed by atoms with Crippen LogP contribution in [0.25, 0.3) is 0 Å². The number of nitrogens with one attached hydrogen (secondary N) is 1. The van der Waals surface area contributed by atoms with Crippen LogP contribution in [0.15, 0.2) is 18.2 Å². The van der Waals surface area contributed by atoms with Crippen molar-refractivity contribution >= 4 is 41.5 Å². The average molecular weight is 324 g/mol. The topological polar surface area (TPSA) is 55.1 Å². The summed E-state index contributed by atoms with van der Waals surface area (Å²) >= 11 is 12.1. The Kier molecular flexibility index (Phi) is 5.93. The Bertz CT molecular complexity index is 467. The van der Waals surface area contributed by atoms with Crippen molar-refractivity contribution in [3.63, 3.8) is 0 Å². The van der Waals surface area contributed by atoms with Crippen molar-refractivity contribution in [2.45, 2.75) is 25.3 Å². The largest absolute Gasteiger partial charge is 0.352 e. The van der Waals surface area contributed by atoms with Crippen LogP contribution in [0.5, 0.6) is 0 Å². The molecule has 0 spiro atoms. The van der Waals surface area contributed by atoms with E-state index in [0.29, 0.717) is 16.6 Å². The Morgan fingerprint density at radius 3 is 2.84 bits per heavy atom. The quantitative estimate of drug-likeness (QED) is 0.895. The Morgan fingerprint density at radius 2 is 2.21 bits per heavy atom. The number of nitrogens with two attached hydrogens (primary N) is 1. The lowest BCUT2D eigenvalue weighted by molar-refractivity contribution is -0.122. The first kappa shape index (κ1) is 16.6. The minimum absolute atomic E-state index is 0. The summed E-state index contributed by atoms with van der Waals surface area (Å²) in [4.78, 5) is 11.9. The molecule has 0 saturated heterocycles. The fourth-order valence-corrected chi connectivity index (χ4v) is 2.49. The highest BCUT2D eigenvalue weighted by Crippen LogP contribution is 2.50. The van der Waals surface area contributed by atoms with Crippen molar-refractivity contribution in [3.8, 4) is 0 Å². The molecule has 106 valence electrons. The molecular formula is C13H17Cl3N2O. The zero-order valence-corrected chi connectivity index (χ0v) is 12.9. The molecule has 3 N–H and O–H groups in total. The van der Waals surface area contributed by atoms with Gasteiger partial charge in [0.2, 0.25) is 5.91 Å². The van der Waals surface area contributed by atoms with E-state index in [2.05, 4.69) is 5.32 Å². The zero-order chi connectivity index (χ0) is 13.3. The number of rotatable bonds is 4. The van der Waals surface area contributed by atoms with Gasteiger partial charge in [0.15, 0.2) is 0 Å². The van der Waals surface area contributed by atoms with E-state index in [1.165, 1.54) is 0 Å². The Morgan fingerprint density at radius 1 is 1.53 bits per heavy atom. The molecule has 1 amide bonds. The molecule has 3 atom stereocenters. The standard InChI is InChI=1S/C13H16Cl2N2O.ClH/c1-7(6-16)17-13(18)10-5-9(10)8-3-2-4-11(14)12(8)15;/h2-4,7,9-10H,5-6,16H2,1H3,(H,17,18);1H/t7-,9?,10?;/m0./s1. The monoisotopic (exact) mass is 322 g/mol. The number of benzene rings is 1. The third kappa shape index (κ3) is 3.76. The van der Waals surface area contributed by atoms with Crippen molar-refractivity contribution in [1.82, 2.24) is 5.32 Å². The summed E-state index contributed by atoms with van der Waals surface area (Å²) in [5.41, 5.74) is 6.44. The summed E-state index contributed by atoms with van der Waals surface area (Å²) in [5, 5.41) is 3.98. The predicted octanol–water partition coefficient (Wildman–Crippen LogP) is 2.98. The summed E-state index contributed by atoms with van der Waals surface area (Å²) in [6.07, 6.45) is 0.823. The number of carbonyl (C=O) groups excluding carboxylic acids is 1. The second kappa shape index (κ2) is 6.80. The summed E-state index contributed by atoms with van der Waals surface area (Å²) < 4.78 is 0. The van der Waals surface area contributed by atoms with Crippen molar-refractivity contribution in [1.29, 1.82) is 0 Å². The summed E-state index contributed by atoms with van der Waals surface area (Å²) in [5.74, 6) is 0.227. The first-order valence-corrected chi connectivity index (χ1v) is 6.74.